The van der Waals surface area contributed by atoms with E-state index in [0.717, 1.165) is 51.4 Å². The lowest BCUT2D eigenvalue weighted by atomic mass is 9.75. The van der Waals surface area contributed by atoms with Crippen molar-refractivity contribution in [3.8, 4) is 0 Å². The molecular weight excluding hydrogens is 252 g/mol. The second kappa shape index (κ2) is 4.74. The molecule has 2 saturated carbocycles. The Labute approximate surface area is 121 Å². The Balaban J connectivity index is 1.99. The fraction of sp³-hybridized carbons (Fsp3) is 0.875. The number of hydrogen-bond donors (Lipinski definition) is 1. The van der Waals surface area contributed by atoms with Gasteiger partial charge in [0.2, 0.25) is 11.8 Å². The molecule has 3 rings (SSSR count). The number of rotatable bonds is 1. The average molecular weight is 278 g/mol. The van der Waals surface area contributed by atoms with Gasteiger partial charge in [-0.3, -0.25) is 9.59 Å². The number of hydrogen-bond acceptors (Lipinski definition) is 2. The Morgan fingerprint density at radius 3 is 2.05 bits per heavy atom. The third-order valence-electron chi connectivity index (χ3n) is 5.52. The average Bonchev–Trinajstić information content (AvgIpc) is 2.88. The zero-order valence-electron chi connectivity index (χ0n) is 12.7. The molecule has 1 saturated heterocycles. The van der Waals surface area contributed by atoms with Crippen LogP contribution in [0.3, 0.4) is 0 Å². The Bertz CT molecular complexity index is 418. The minimum absolute atomic E-state index is 0.102. The van der Waals surface area contributed by atoms with Crippen molar-refractivity contribution in [2.75, 3.05) is 0 Å². The van der Waals surface area contributed by atoms with E-state index in [1.807, 2.05) is 18.7 Å². The maximum atomic E-state index is 13.2. The molecule has 3 fully saturated rings. The van der Waals surface area contributed by atoms with Crippen LogP contribution in [0.4, 0.5) is 0 Å². The number of nitrogens with zero attached hydrogens (tertiary/aromatic N) is 1. The molecule has 0 aromatic rings. The van der Waals surface area contributed by atoms with E-state index in [1.165, 1.54) is 6.42 Å². The first kappa shape index (κ1) is 13.9. The Kier molecular flexibility index (Phi) is 3.30. The van der Waals surface area contributed by atoms with Gasteiger partial charge in [-0.25, -0.2) is 0 Å². The van der Waals surface area contributed by atoms with E-state index in [-0.39, 0.29) is 17.9 Å². The molecule has 1 N–H and O–H groups in total. The normalized spacial score (nSPS) is 28.4. The van der Waals surface area contributed by atoms with Gasteiger partial charge in [0.15, 0.2) is 0 Å². The Morgan fingerprint density at radius 1 is 0.950 bits per heavy atom. The fourth-order valence-electron chi connectivity index (χ4n) is 4.57. The zero-order chi connectivity index (χ0) is 14.4. The standard InChI is InChI=1S/C16H26N2O2/c1-12(2)18-14(20)15(8-4-3-5-9-15)17-13(19)16(18)10-6-7-11-16/h12H,3-11H2,1-2H3,(H,17,19). The smallest absolute Gasteiger partial charge is 0.249 e. The molecule has 20 heavy (non-hydrogen) atoms. The predicted molar refractivity (Wildman–Crippen MR) is 77.1 cm³/mol. The largest absolute Gasteiger partial charge is 0.340 e. The molecule has 2 amide bonds. The molecule has 3 aliphatic rings. The molecule has 1 aliphatic heterocycles. The molecule has 2 aliphatic carbocycles. The van der Waals surface area contributed by atoms with Crippen LogP contribution in [-0.4, -0.2) is 33.8 Å². The third kappa shape index (κ3) is 1.80. The highest BCUT2D eigenvalue weighted by Crippen LogP contribution is 2.44. The van der Waals surface area contributed by atoms with E-state index in [9.17, 15) is 9.59 Å². The van der Waals surface area contributed by atoms with Crippen LogP contribution in [0.2, 0.25) is 0 Å². The summed E-state index contributed by atoms with van der Waals surface area (Å²) in [7, 11) is 0. The molecule has 0 aromatic carbocycles. The summed E-state index contributed by atoms with van der Waals surface area (Å²) in [5.41, 5.74) is -1.14. The number of carbonyl (C=O) groups excluding carboxylic acids is 2. The van der Waals surface area contributed by atoms with E-state index in [1.54, 1.807) is 0 Å². The first-order chi connectivity index (χ1) is 9.52. The Hall–Kier alpha value is -1.06. The van der Waals surface area contributed by atoms with Gasteiger partial charge in [0.25, 0.3) is 0 Å². The first-order valence-electron chi connectivity index (χ1n) is 8.18. The molecular formula is C16H26N2O2. The van der Waals surface area contributed by atoms with Crippen molar-refractivity contribution in [1.82, 2.24) is 10.2 Å². The Morgan fingerprint density at radius 2 is 1.50 bits per heavy atom. The summed E-state index contributed by atoms with van der Waals surface area (Å²) in [6.07, 6.45) is 8.67. The lowest BCUT2D eigenvalue weighted by Crippen LogP contribution is -2.76. The van der Waals surface area contributed by atoms with Gasteiger partial charge in [0.05, 0.1) is 0 Å². The van der Waals surface area contributed by atoms with Crippen molar-refractivity contribution in [2.24, 2.45) is 0 Å². The summed E-state index contributed by atoms with van der Waals surface area (Å²) in [5.74, 6) is 0.305. The molecule has 0 bridgehead atoms. The molecule has 4 nitrogen and oxygen atoms in total. The first-order valence-corrected chi connectivity index (χ1v) is 8.18. The van der Waals surface area contributed by atoms with Crippen LogP contribution >= 0.6 is 0 Å². The van der Waals surface area contributed by atoms with Crippen molar-refractivity contribution < 1.29 is 9.59 Å². The summed E-state index contributed by atoms with van der Waals surface area (Å²) in [4.78, 5) is 28.0. The summed E-state index contributed by atoms with van der Waals surface area (Å²) in [6.45, 7) is 4.10. The number of nitrogens with one attached hydrogen (secondary N) is 1. The van der Waals surface area contributed by atoms with Crippen LogP contribution in [0, 0.1) is 0 Å². The molecule has 0 unspecified atom stereocenters. The van der Waals surface area contributed by atoms with Crippen LogP contribution in [0.5, 0.6) is 0 Å². The highest BCUT2D eigenvalue weighted by Gasteiger charge is 2.59. The van der Waals surface area contributed by atoms with Crippen LogP contribution in [0.25, 0.3) is 0 Å². The quantitative estimate of drug-likeness (QED) is 0.800. The second-order valence-electron chi connectivity index (χ2n) is 7.10. The van der Waals surface area contributed by atoms with Gasteiger partial charge in [0, 0.05) is 6.04 Å². The molecule has 0 aromatic heterocycles. The maximum absolute atomic E-state index is 13.2. The van der Waals surface area contributed by atoms with Crippen LogP contribution < -0.4 is 5.32 Å². The summed E-state index contributed by atoms with van der Waals surface area (Å²) in [5, 5.41) is 3.17. The zero-order valence-corrected chi connectivity index (χ0v) is 12.7. The summed E-state index contributed by atoms with van der Waals surface area (Å²) >= 11 is 0. The van der Waals surface area contributed by atoms with Crippen LogP contribution in [0.15, 0.2) is 0 Å². The minimum Gasteiger partial charge on any atom is -0.340 e. The van der Waals surface area contributed by atoms with E-state index >= 15 is 0 Å². The van der Waals surface area contributed by atoms with E-state index in [0.29, 0.717) is 0 Å². The van der Waals surface area contributed by atoms with Gasteiger partial charge in [0.1, 0.15) is 11.1 Å². The second-order valence-corrected chi connectivity index (χ2v) is 7.10. The lowest BCUT2D eigenvalue weighted by molar-refractivity contribution is -0.167. The van der Waals surface area contributed by atoms with Crippen molar-refractivity contribution in [3.63, 3.8) is 0 Å². The van der Waals surface area contributed by atoms with Crippen molar-refractivity contribution in [2.45, 2.75) is 88.8 Å². The predicted octanol–water partition coefficient (Wildman–Crippen LogP) is 2.37. The van der Waals surface area contributed by atoms with Gasteiger partial charge < -0.3 is 10.2 Å². The molecule has 4 heteroatoms. The van der Waals surface area contributed by atoms with Crippen LogP contribution in [-0.2, 0) is 9.59 Å². The van der Waals surface area contributed by atoms with E-state index in [2.05, 4.69) is 5.32 Å². The monoisotopic (exact) mass is 278 g/mol. The number of piperazine rings is 1. The van der Waals surface area contributed by atoms with Gasteiger partial charge in [-0.1, -0.05) is 32.1 Å². The SMILES string of the molecule is CC(C)N1C(=O)C2(CCCCC2)NC(=O)C12CCCC2. The van der Waals surface area contributed by atoms with Crippen molar-refractivity contribution in [1.29, 1.82) is 0 Å². The van der Waals surface area contributed by atoms with Gasteiger partial charge in [-0.05, 0) is 39.5 Å². The molecule has 1 heterocycles. The molecule has 112 valence electrons. The number of amides is 2. The van der Waals surface area contributed by atoms with E-state index < -0.39 is 11.1 Å². The summed E-state index contributed by atoms with van der Waals surface area (Å²) < 4.78 is 0. The summed E-state index contributed by atoms with van der Waals surface area (Å²) in [6, 6.07) is 0.102. The minimum atomic E-state index is -0.590. The highest BCUT2D eigenvalue weighted by molar-refractivity contribution is 6.02. The van der Waals surface area contributed by atoms with Gasteiger partial charge in [-0.2, -0.15) is 0 Å². The fourth-order valence-corrected chi connectivity index (χ4v) is 4.57. The maximum Gasteiger partial charge on any atom is 0.249 e. The van der Waals surface area contributed by atoms with Gasteiger partial charge >= 0.3 is 0 Å². The van der Waals surface area contributed by atoms with Gasteiger partial charge in [-0.15, -0.1) is 0 Å². The molecule has 0 atom stereocenters. The molecule has 0 radical (unpaired) electrons. The number of carbonyl (C=O) groups is 2. The van der Waals surface area contributed by atoms with Crippen LogP contribution in [0.1, 0.15) is 71.6 Å². The van der Waals surface area contributed by atoms with Crippen molar-refractivity contribution in [3.05, 3.63) is 0 Å². The highest BCUT2D eigenvalue weighted by atomic mass is 16.2. The third-order valence-corrected chi connectivity index (χ3v) is 5.52. The molecule has 2 spiro atoms. The van der Waals surface area contributed by atoms with E-state index in [4.69, 9.17) is 0 Å². The van der Waals surface area contributed by atoms with Crippen molar-refractivity contribution >= 4 is 11.8 Å². The lowest BCUT2D eigenvalue weighted by Gasteiger charge is -2.54. The topological polar surface area (TPSA) is 49.4 Å².